The zero-order chi connectivity index (χ0) is 10.5. The molecule has 1 N–H and O–H groups in total. The second kappa shape index (κ2) is 5.19. The van der Waals surface area contributed by atoms with Gasteiger partial charge in [-0.05, 0) is 27.8 Å². The number of ether oxygens (including phenoxy) is 1. The van der Waals surface area contributed by atoms with Gasteiger partial charge in [0.25, 0.3) is 0 Å². The van der Waals surface area contributed by atoms with Crippen molar-refractivity contribution < 1.29 is 14.6 Å². The molecular formula is C9H19NO3. The third-order valence-corrected chi connectivity index (χ3v) is 1.36. The molecule has 0 atom stereocenters. The van der Waals surface area contributed by atoms with Crippen molar-refractivity contribution in [2.24, 2.45) is 0 Å². The van der Waals surface area contributed by atoms with Gasteiger partial charge in [-0.2, -0.15) is 0 Å². The van der Waals surface area contributed by atoms with Crippen LogP contribution in [0.2, 0.25) is 0 Å². The number of aliphatic hydroxyl groups is 1. The summed E-state index contributed by atoms with van der Waals surface area (Å²) < 4.78 is 4.76. The molecule has 0 aromatic rings. The van der Waals surface area contributed by atoms with Crippen LogP contribution in [0.25, 0.3) is 0 Å². The van der Waals surface area contributed by atoms with Crippen molar-refractivity contribution in [3.8, 4) is 0 Å². The van der Waals surface area contributed by atoms with E-state index < -0.39 is 5.60 Å². The van der Waals surface area contributed by atoms with E-state index in [2.05, 4.69) is 0 Å². The Morgan fingerprint density at radius 1 is 1.54 bits per heavy atom. The highest BCUT2D eigenvalue weighted by atomic mass is 16.5. The zero-order valence-corrected chi connectivity index (χ0v) is 8.83. The molecule has 4 heteroatoms. The second-order valence-corrected chi connectivity index (χ2v) is 3.79. The van der Waals surface area contributed by atoms with E-state index in [1.54, 1.807) is 32.7 Å². The molecule has 0 bridgehead atoms. The normalized spacial score (nSPS) is 11.8. The zero-order valence-electron chi connectivity index (χ0n) is 8.83. The lowest BCUT2D eigenvalue weighted by Gasteiger charge is -2.24. The molecule has 0 amide bonds. The Balaban J connectivity index is 3.74. The predicted molar refractivity (Wildman–Crippen MR) is 50.4 cm³/mol. The molecule has 0 fully saturated rings. The Kier molecular flexibility index (Phi) is 4.95. The average Bonchev–Trinajstić information content (AvgIpc) is 1.81. The summed E-state index contributed by atoms with van der Waals surface area (Å²) in [5.74, 6) is -0.255. The van der Waals surface area contributed by atoms with Crippen molar-refractivity contribution in [1.29, 1.82) is 0 Å². The molecule has 4 nitrogen and oxygen atoms in total. The first-order valence-electron chi connectivity index (χ1n) is 4.41. The first-order valence-corrected chi connectivity index (χ1v) is 4.41. The highest BCUT2D eigenvalue weighted by Gasteiger charge is 2.17. The Labute approximate surface area is 79.5 Å². The van der Waals surface area contributed by atoms with Crippen LogP contribution < -0.4 is 0 Å². The molecule has 0 unspecified atom stereocenters. The van der Waals surface area contributed by atoms with Gasteiger partial charge >= 0.3 is 5.97 Å². The van der Waals surface area contributed by atoms with Crippen molar-refractivity contribution in [1.82, 2.24) is 4.90 Å². The van der Waals surface area contributed by atoms with E-state index in [1.165, 1.54) is 0 Å². The van der Waals surface area contributed by atoms with Gasteiger partial charge in [-0.3, -0.25) is 9.69 Å². The fourth-order valence-electron chi connectivity index (χ4n) is 1.14. The van der Waals surface area contributed by atoms with Crippen molar-refractivity contribution in [2.75, 3.05) is 26.7 Å². The summed E-state index contributed by atoms with van der Waals surface area (Å²) in [5, 5.41) is 9.44. The van der Waals surface area contributed by atoms with E-state index >= 15 is 0 Å². The summed E-state index contributed by atoms with van der Waals surface area (Å²) in [4.78, 5) is 12.7. The Morgan fingerprint density at radius 3 is 2.46 bits per heavy atom. The fraction of sp³-hybridized carbons (Fsp3) is 0.889. The number of rotatable bonds is 5. The number of nitrogens with zero attached hydrogens (tertiary/aromatic N) is 1. The van der Waals surface area contributed by atoms with Gasteiger partial charge in [0.15, 0.2) is 0 Å². The number of hydrogen-bond acceptors (Lipinski definition) is 4. The van der Waals surface area contributed by atoms with Gasteiger partial charge in [-0.25, -0.2) is 0 Å². The lowest BCUT2D eigenvalue weighted by molar-refractivity contribution is -0.144. The largest absolute Gasteiger partial charge is 0.465 e. The summed E-state index contributed by atoms with van der Waals surface area (Å²) in [5.41, 5.74) is -0.777. The Bertz CT molecular complexity index is 163. The summed E-state index contributed by atoms with van der Waals surface area (Å²) >= 11 is 0. The molecular weight excluding hydrogens is 170 g/mol. The van der Waals surface area contributed by atoms with Crippen LogP contribution in [0.5, 0.6) is 0 Å². The molecule has 13 heavy (non-hydrogen) atoms. The van der Waals surface area contributed by atoms with Crippen LogP contribution in [0.15, 0.2) is 0 Å². The van der Waals surface area contributed by atoms with Crippen LogP contribution in [-0.2, 0) is 9.53 Å². The molecule has 0 spiro atoms. The van der Waals surface area contributed by atoms with E-state index in [0.29, 0.717) is 13.2 Å². The maximum absolute atomic E-state index is 11.0. The van der Waals surface area contributed by atoms with Gasteiger partial charge in [-0.15, -0.1) is 0 Å². The van der Waals surface area contributed by atoms with Crippen LogP contribution in [0, 0.1) is 0 Å². The molecule has 0 aliphatic heterocycles. The third kappa shape index (κ3) is 7.74. The van der Waals surface area contributed by atoms with Crippen LogP contribution in [0.3, 0.4) is 0 Å². The molecule has 0 rings (SSSR count). The van der Waals surface area contributed by atoms with Gasteiger partial charge in [0.1, 0.15) is 0 Å². The van der Waals surface area contributed by atoms with Crippen molar-refractivity contribution in [3.05, 3.63) is 0 Å². The average molecular weight is 189 g/mol. The smallest absolute Gasteiger partial charge is 0.320 e. The summed E-state index contributed by atoms with van der Waals surface area (Å²) in [6.45, 7) is 6.25. The van der Waals surface area contributed by atoms with Gasteiger partial charge in [0, 0.05) is 6.54 Å². The minimum Gasteiger partial charge on any atom is -0.465 e. The third-order valence-electron chi connectivity index (χ3n) is 1.36. The number of hydrogen-bond donors (Lipinski definition) is 1. The monoisotopic (exact) mass is 189 g/mol. The SMILES string of the molecule is CCOC(=O)CN(C)CC(C)(C)O. The first-order chi connectivity index (χ1) is 5.85. The van der Waals surface area contributed by atoms with E-state index in [0.717, 1.165) is 0 Å². The van der Waals surface area contributed by atoms with Crippen LogP contribution in [0.1, 0.15) is 20.8 Å². The minimum atomic E-state index is -0.777. The molecule has 0 saturated heterocycles. The lowest BCUT2D eigenvalue weighted by Crippen LogP contribution is -2.39. The van der Waals surface area contributed by atoms with E-state index in [4.69, 9.17) is 4.74 Å². The number of likely N-dealkylation sites (N-methyl/N-ethyl adjacent to an activating group) is 1. The number of esters is 1. The van der Waals surface area contributed by atoms with E-state index in [-0.39, 0.29) is 12.5 Å². The fourth-order valence-corrected chi connectivity index (χ4v) is 1.14. The van der Waals surface area contributed by atoms with Gasteiger partial charge in [-0.1, -0.05) is 0 Å². The standard InChI is InChI=1S/C9H19NO3/c1-5-13-8(11)6-10(4)7-9(2,3)12/h12H,5-7H2,1-4H3. The maximum atomic E-state index is 11.0. The molecule has 0 aliphatic rings. The molecule has 0 aromatic carbocycles. The topological polar surface area (TPSA) is 49.8 Å². The number of carbonyl (C=O) groups is 1. The highest BCUT2D eigenvalue weighted by molar-refractivity contribution is 5.71. The van der Waals surface area contributed by atoms with Gasteiger partial charge in [0.05, 0.1) is 18.8 Å². The summed E-state index contributed by atoms with van der Waals surface area (Å²) in [6.07, 6.45) is 0. The molecule has 78 valence electrons. The molecule has 0 heterocycles. The maximum Gasteiger partial charge on any atom is 0.320 e. The van der Waals surface area contributed by atoms with Gasteiger partial charge < -0.3 is 9.84 Å². The lowest BCUT2D eigenvalue weighted by atomic mass is 10.1. The second-order valence-electron chi connectivity index (χ2n) is 3.79. The highest BCUT2D eigenvalue weighted by Crippen LogP contribution is 2.02. The molecule has 0 radical (unpaired) electrons. The molecule has 0 aromatic heterocycles. The Morgan fingerprint density at radius 2 is 2.08 bits per heavy atom. The molecule has 0 aliphatic carbocycles. The van der Waals surface area contributed by atoms with Crippen LogP contribution in [0.4, 0.5) is 0 Å². The van der Waals surface area contributed by atoms with Crippen molar-refractivity contribution in [2.45, 2.75) is 26.4 Å². The Hall–Kier alpha value is -0.610. The number of carbonyl (C=O) groups excluding carboxylic acids is 1. The van der Waals surface area contributed by atoms with Gasteiger partial charge in [0.2, 0.25) is 0 Å². The molecule has 0 saturated carbocycles. The van der Waals surface area contributed by atoms with Crippen molar-refractivity contribution >= 4 is 5.97 Å². The van der Waals surface area contributed by atoms with Crippen molar-refractivity contribution in [3.63, 3.8) is 0 Å². The van der Waals surface area contributed by atoms with Crippen LogP contribution in [-0.4, -0.2) is 48.3 Å². The first kappa shape index (κ1) is 12.4. The van der Waals surface area contributed by atoms with E-state index in [1.807, 2.05) is 0 Å². The summed E-state index contributed by atoms with van der Waals surface area (Å²) in [7, 11) is 1.77. The van der Waals surface area contributed by atoms with Crippen LogP contribution >= 0.6 is 0 Å². The minimum absolute atomic E-state index is 0.220. The quantitative estimate of drug-likeness (QED) is 0.630. The summed E-state index contributed by atoms with van der Waals surface area (Å²) in [6, 6.07) is 0. The predicted octanol–water partition coefficient (Wildman–Crippen LogP) is 0.252. The van der Waals surface area contributed by atoms with E-state index in [9.17, 15) is 9.90 Å².